The van der Waals surface area contributed by atoms with E-state index in [1.54, 1.807) is 0 Å². The first-order valence-corrected chi connectivity index (χ1v) is 7.18. The molecule has 0 amide bonds. The van der Waals surface area contributed by atoms with Gasteiger partial charge in [-0.05, 0) is 44.1 Å². The molecule has 0 aromatic heterocycles. The van der Waals surface area contributed by atoms with Crippen LogP contribution < -0.4 is 20.1 Å². The SMILES string of the molecule is CNC(c1ccc2c(c1)OCCO2)C1CCCCN1. The van der Waals surface area contributed by atoms with Crippen molar-refractivity contribution in [2.45, 2.75) is 31.3 Å². The van der Waals surface area contributed by atoms with Crippen LogP contribution in [0.4, 0.5) is 0 Å². The minimum Gasteiger partial charge on any atom is -0.486 e. The Balaban J connectivity index is 1.82. The van der Waals surface area contributed by atoms with Crippen LogP contribution in [-0.4, -0.2) is 32.8 Å². The van der Waals surface area contributed by atoms with Gasteiger partial charge in [-0.1, -0.05) is 12.5 Å². The van der Waals surface area contributed by atoms with Gasteiger partial charge in [-0.25, -0.2) is 0 Å². The van der Waals surface area contributed by atoms with Gasteiger partial charge < -0.3 is 20.1 Å². The van der Waals surface area contributed by atoms with Gasteiger partial charge in [-0.3, -0.25) is 0 Å². The minimum atomic E-state index is 0.330. The molecule has 0 aliphatic carbocycles. The van der Waals surface area contributed by atoms with Crippen LogP contribution in [0.3, 0.4) is 0 Å². The minimum absolute atomic E-state index is 0.330. The van der Waals surface area contributed by atoms with Gasteiger partial charge >= 0.3 is 0 Å². The molecule has 1 fully saturated rings. The third-order valence-corrected chi connectivity index (χ3v) is 3.99. The fourth-order valence-electron chi connectivity index (χ4n) is 3.02. The van der Waals surface area contributed by atoms with Gasteiger partial charge in [0.2, 0.25) is 0 Å². The van der Waals surface area contributed by atoms with Crippen molar-refractivity contribution in [1.29, 1.82) is 0 Å². The highest BCUT2D eigenvalue weighted by molar-refractivity contribution is 5.45. The maximum Gasteiger partial charge on any atom is 0.161 e. The lowest BCUT2D eigenvalue weighted by Gasteiger charge is -2.32. The fourth-order valence-corrected chi connectivity index (χ4v) is 3.02. The molecule has 0 bridgehead atoms. The van der Waals surface area contributed by atoms with Crippen molar-refractivity contribution in [2.24, 2.45) is 0 Å². The topological polar surface area (TPSA) is 42.5 Å². The van der Waals surface area contributed by atoms with Crippen molar-refractivity contribution in [2.75, 3.05) is 26.8 Å². The van der Waals surface area contributed by atoms with Crippen LogP contribution in [0.2, 0.25) is 0 Å². The van der Waals surface area contributed by atoms with Gasteiger partial charge in [0.15, 0.2) is 11.5 Å². The Hall–Kier alpha value is -1.26. The Morgan fingerprint density at radius 2 is 2.05 bits per heavy atom. The second-order valence-corrected chi connectivity index (χ2v) is 5.23. The zero-order chi connectivity index (χ0) is 13.1. The highest BCUT2D eigenvalue weighted by Crippen LogP contribution is 2.34. The van der Waals surface area contributed by atoms with Crippen LogP contribution in [0.25, 0.3) is 0 Å². The Kier molecular flexibility index (Phi) is 3.89. The lowest BCUT2D eigenvalue weighted by atomic mass is 9.92. The lowest BCUT2D eigenvalue weighted by molar-refractivity contribution is 0.171. The average Bonchev–Trinajstić information content (AvgIpc) is 2.49. The molecule has 2 unspecified atom stereocenters. The normalized spacial score (nSPS) is 23.9. The highest BCUT2D eigenvalue weighted by atomic mass is 16.6. The molecule has 104 valence electrons. The summed E-state index contributed by atoms with van der Waals surface area (Å²) in [5.74, 6) is 1.74. The van der Waals surface area contributed by atoms with Gasteiger partial charge in [0.25, 0.3) is 0 Å². The summed E-state index contributed by atoms with van der Waals surface area (Å²) in [6.45, 7) is 2.40. The first kappa shape index (κ1) is 12.8. The molecule has 4 heteroatoms. The third kappa shape index (κ3) is 2.69. The number of hydrogen-bond donors (Lipinski definition) is 2. The number of fused-ring (bicyclic) bond motifs is 1. The number of nitrogens with one attached hydrogen (secondary N) is 2. The summed E-state index contributed by atoms with van der Waals surface area (Å²) in [7, 11) is 2.03. The summed E-state index contributed by atoms with van der Waals surface area (Å²) in [5, 5.41) is 7.05. The molecule has 1 aromatic carbocycles. The van der Waals surface area contributed by atoms with E-state index < -0.39 is 0 Å². The molecule has 0 saturated carbocycles. The van der Waals surface area contributed by atoms with Gasteiger partial charge in [0.1, 0.15) is 13.2 Å². The quantitative estimate of drug-likeness (QED) is 0.872. The second-order valence-electron chi connectivity index (χ2n) is 5.23. The van der Waals surface area contributed by atoms with Crippen LogP contribution >= 0.6 is 0 Å². The van der Waals surface area contributed by atoms with E-state index in [2.05, 4.69) is 22.8 Å². The summed E-state index contributed by atoms with van der Waals surface area (Å²) in [4.78, 5) is 0. The van der Waals surface area contributed by atoms with Crippen LogP contribution in [0, 0.1) is 0 Å². The Morgan fingerprint density at radius 1 is 1.21 bits per heavy atom. The number of benzene rings is 1. The van der Waals surface area contributed by atoms with E-state index in [9.17, 15) is 0 Å². The molecule has 3 rings (SSSR count). The van der Waals surface area contributed by atoms with Crippen molar-refractivity contribution in [3.63, 3.8) is 0 Å². The number of hydrogen-bond acceptors (Lipinski definition) is 4. The van der Waals surface area contributed by atoms with Crippen molar-refractivity contribution in [3.05, 3.63) is 23.8 Å². The second kappa shape index (κ2) is 5.80. The Bertz CT molecular complexity index is 430. The van der Waals surface area contributed by atoms with Gasteiger partial charge in [0.05, 0.1) is 0 Å². The number of piperidine rings is 1. The summed E-state index contributed by atoms with van der Waals surface area (Å²) in [6, 6.07) is 7.12. The molecule has 0 radical (unpaired) electrons. The smallest absolute Gasteiger partial charge is 0.161 e. The van der Waals surface area contributed by atoms with Gasteiger partial charge in [-0.2, -0.15) is 0 Å². The van der Waals surface area contributed by atoms with Crippen LogP contribution in [0.5, 0.6) is 11.5 Å². The first-order valence-electron chi connectivity index (χ1n) is 7.18. The summed E-state index contributed by atoms with van der Waals surface area (Å²) in [6.07, 6.45) is 3.81. The van der Waals surface area contributed by atoms with E-state index in [1.165, 1.54) is 24.8 Å². The molecule has 2 N–H and O–H groups in total. The van der Waals surface area contributed by atoms with Gasteiger partial charge in [-0.15, -0.1) is 0 Å². The van der Waals surface area contributed by atoms with E-state index >= 15 is 0 Å². The summed E-state index contributed by atoms with van der Waals surface area (Å²) < 4.78 is 11.2. The highest BCUT2D eigenvalue weighted by Gasteiger charge is 2.24. The maximum atomic E-state index is 5.67. The van der Waals surface area contributed by atoms with E-state index in [4.69, 9.17) is 9.47 Å². The molecule has 1 saturated heterocycles. The molecule has 2 aliphatic rings. The zero-order valence-corrected chi connectivity index (χ0v) is 11.4. The molecule has 4 nitrogen and oxygen atoms in total. The maximum absolute atomic E-state index is 5.67. The zero-order valence-electron chi connectivity index (χ0n) is 11.4. The predicted molar refractivity (Wildman–Crippen MR) is 74.9 cm³/mol. The largest absolute Gasteiger partial charge is 0.486 e. The van der Waals surface area contributed by atoms with Crippen molar-refractivity contribution < 1.29 is 9.47 Å². The Morgan fingerprint density at radius 3 is 2.79 bits per heavy atom. The van der Waals surface area contributed by atoms with E-state index in [0.717, 1.165) is 18.0 Å². The Labute approximate surface area is 114 Å². The van der Waals surface area contributed by atoms with E-state index in [-0.39, 0.29) is 0 Å². The van der Waals surface area contributed by atoms with Crippen molar-refractivity contribution in [3.8, 4) is 11.5 Å². The van der Waals surface area contributed by atoms with Gasteiger partial charge in [0, 0.05) is 12.1 Å². The van der Waals surface area contributed by atoms with Crippen molar-refractivity contribution in [1.82, 2.24) is 10.6 Å². The monoisotopic (exact) mass is 262 g/mol. The molecule has 2 heterocycles. The fraction of sp³-hybridized carbons (Fsp3) is 0.600. The number of likely N-dealkylation sites (N-methyl/N-ethyl adjacent to an activating group) is 1. The van der Waals surface area contributed by atoms with Crippen LogP contribution in [-0.2, 0) is 0 Å². The molecule has 19 heavy (non-hydrogen) atoms. The van der Waals surface area contributed by atoms with E-state index in [1.807, 2.05) is 13.1 Å². The molecule has 1 aromatic rings. The standard InChI is InChI=1S/C15H22N2O2/c1-16-15(12-4-2-3-7-17-12)11-5-6-13-14(10-11)19-9-8-18-13/h5-6,10,12,15-17H,2-4,7-9H2,1H3. The molecular weight excluding hydrogens is 240 g/mol. The number of ether oxygens (including phenoxy) is 2. The average molecular weight is 262 g/mol. The molecule has 2 aliphatic heterocycles. The molecule has 0 spiro atoms. The summed E-state index contributed by atoms with van der Waals surface area (Å²) >= 11 is 0. The van der Waals surface area contributed by atoms with Crippen LogP contribution in [0.1, 0.15) is 30.9 Å². The molecule has 2 atom stereocenters. The van der Waals surface area contributed by atoms with E-state index in [0.29, 0.717) is 25.3 Å². The first-order chi connectivity index (χ1) is 9.38. The van der Waals surface area contributed by atoms with Crippen LogP contribution in [0.15, 0.2) is 18.2 Å². The van der Waals surface area contributed by atoms with Crippen molar-refractivity contribution >= 4 is 0 Å². The number of rotatable bonds is 3. The lowest BCUT2D eigenvalue weighted by Crippen LogP contribution is -2.43. The third-order valence-electron chi connectivity index (χ3n) is 3.99. The predicted octanol–water partition coefficient (Wildman–Crippen LogP) is 1.86. The summed E-state index contributed by atoms with van der Waals surface area (Å²) in [5.41, 5.74) is 1.27. The molecular formula is C15H22N2O2.